The first-order valence-electron chi connectivity index (χ1n) is 7.48. The summed E-state index contributed by atoms with van der Waals surface area (Å²) in [7, 11) is 0. The van der Waals surface area contributed by atoms with Crippen molar-refractivity contribution in [2.75, 3.05) is 0 Å². The predicted molar refractivity (Wildman–Crippen MR) is 86.0 cm³/mol. The Labute approximate surface area is 125 Å². The van der Waals surface area contributed by atoms with Crippen LogP contribution < -0.4 is 0 Å². The number of pyridine rings is 1. The molecule has 0 saturated heterocycles. The average molecular weight is 277 g/mol. The lowest BCUT2D eigenvalue weighted by atomic mass is 9.97. The van der Waals surface area contributed by atoms with Crippen LogP contribution in [0.2, 0.25) is 0 Å². The molecule has 2 nitrogen and oxygen atoms in total. The van der Waals surface area contributed by atoms with Crippen molar-refractivity contribution < 1.29 is 4.79 Å². The maximum absolute atomic E-state index is 13.0. The molecule has 0 amide bonds. The first kappa shape index (κ1) is 13.6. The third-order valence-electron chi connectivity index (χ3n) is 4.01. The van der Waals surface area contributed by atoms with E-state index in [0.717, 1.165) is 29.5 Å². The Bertz CT molecular complexity index is 784. The Morgan fingerprint density at radius 1 is 0.952 bits per heavy atom. The quantitative estimate of drug-likeness (QED) is 0.652. The molecule has 0 saturated carbocycles. The van der Waals surface area contributed by atoms with E-state index in [-0.39, 0.29) is 5.78 Å². The highest BCUT2D eigenvalue weighted by Gasteiger charge is 2.21. The Balaban J connectivity index is 2.29. The Morgan fingerprint density at radius 2 is 1.67 bits per heavy atom. The fourth-order valence-electron chi connectivity index (χ4n) is 3.08. The van der Waals surface area contributed by atoms with Crippen molar-refractivity contribution in [2.24, 2.45) is 0 Å². The van der Waals surface area contributed by atoms with Gasteiger partial charge < -0.3 is 4.40 Å². The first-order valence-corrected chi connectivity index (χ1v) is 7.48. The zero-order chi connectivity index (χ0) is 14.8. The zero-order valence-corrected chi connectivity index (χ0v) is 12.5. The summed E-state index contributed by atoms with van der Waals surface area (Å²) in [6, 6.07) is 15.6. The van der Waals surface area contributed by atoms with E-state index in [0.29, 0.717) is 0 Å². The van der Waals surface area contributed by atoms with Gasteiger partial charge in [-0.1, -0.05) is 50.2 Å². The zero-order valence-electron chi connectivity index (χ0n) is 12.5. The van der Waals surface area contributed by atoms with E-state index >= 15 is 0 Å². The number of nitrogens with zero attached hydrogens (tertiary/aromatic N) is 1. The van der Waals surface area contributed by atoms with Gasteiger partial charge in [0.1, 0.15) is 0 Å². The lowest BCUT2D eigenvalue weighted by Gasteiger charge is -2.03. The molecular formula is C19H19NO. The van der Waals surface area contributed by atoms with Gasteiger partial charge in [0.05, 0.1) is 11.1 Å². The smallest absolute Gasteiger partial charge is 0.195 e. The van der Waals surface area contributed by atoms with Crippen molar-refractivity contribution in [3.05, 3.63) is 77.1 Å². The van der Waals surface area contributed by atoms with E-state index < -0.39 is 0 Å². The summed E-state index contributed by atoms with van der Waals surface area (Å²) in [5, 5.41) is 0. The van der Waals surface area contributed by atoms with Crippen LogP contribution in [0.4, 0.5) is 0 Å². The van der Waals surface area contributed by atoms with Crippen molar-refractivity contribution in [3.8, 4) is 0 Å². The lowest BCUT2D eigenvalue weighted by molar-refractivity contribution is 0.103. The van der Waals surface area contributed by atoms with Crippen molar-refractivity contribution in [3.63, 3.8) is 0 Å². The number of benzene rings is 1. The number of hydrogen-bond donors (Lipinski definition) is 0. The molecule has 0 N–H and O–H groups in total. The molecule has 3 rings (SSSR count). The van der Waals surface area contributed by atoms with Crippen LogP contribution in [0.5, 0.6) is 0 Å². The van der Waals surface area contributed by atoms with E-state index in [4.69, 9.17) is 0 Å². The minimum Gasteiger partial charge on any atom is -0.320 e. The van der Waals surface area contributed by atoms with Gasteiger partial charge in [-0.3, -0.25) is 4.79 Å². The summed E-state index contributed by atoms with van der Waals surface area (Å²) in [5.74, 6) is 0.121. The standard InChI is InChI=1S/C19H19NO/c1-3-15-16(4-2)20-13-9-8-12-17(20)18(15)19(21)14-10-6-5-7-11-14/h5-13H,3-4H2,1-2H3. The van der Waals surface area contributed by atoms with Crippen molar-refractivity contribution in [2.45, 2.75) is 26.7 Å². The van der Waals surface area contributed by atoms with E-state index in [9.17, 15) is 4.79 Å². The van der Waals surface area contributed by atoms with Gasteiger partial charge in [0.25, 0.3) is 0 Å². The third-order valence-corrected chi connectivity index (χ3v) is 4.01. The number of carbonyl (C=O) groups is 1. The molecule has 0 atom stereocenters. The third kappa shape index (κ3) is 2.17. The highest BCUT2D eigenvalue weighted by Crippen LogP contribution is 2.27. The van der Waals surface area contributed by atoms with Crippen LogP contribution in [0.25, 0.3) is 5.52 Å². The molecule has 0 unspecified atom stereocenters. The largest absolute Gasteiger partial charge is 0.320 e. The second-order valence-corrected chi connectivity index (χ2v) is 5.16. The molecule has 0 aliphatic carbocycles. The van der Waals surface area contributed by atoms with Gasteiger partial charge in [-0.2, -0.15) is 0 Å². The highest BCUT2D eigenvalue weighted by molar-refractivity contribution is 6.14. The van der Waals surface area contributed by atoms with Gasteiger partial charge in [0.15, 0.2) is 5.78 Å². The number of ketones is 1. The number of hydrogen-bond acceptors (Lipinski definition) is 1. The molecule has 0 fully saturated rings. The number of aromatic nitrogens is 1. The number of aryl methyl sites for hydroxylation is 1. The molecule has 0 aliphatic heterocycles. The van der Waals surface area contributed by atoms with Gasteiger partial charge in [0.2, 0.25) is 0 Å². The summed E-state index contributed by atoms with van der Waals surface area (Å²) in [5.41, 5.74) is 5.05. The van der Waals surface area contributed by atoms with Gasteiger partial charge in [-0.15, -0.1) is 0 Å². The van der Waals surface area contributed by atoms with E-state index in [1.54, 1.807) is 0 Å². The van der Waals surface area contributed by atoms with Crippen LogP contribution in [0.1, 0.15) is 41.0 Å². The molecule has 0 spiro atoms. The van der Waals surface area contributed by atoms with Crippen LogP contribution in [0.3, 0.4) is 0 Å². The van der Waals surface area contributed by atoms with Crippen molar-refractivity contribution in [1.29, 1.82) is 0 Å². The molecule has 0 bridgehead atoms. The Kier molecular flexibility index (Phi) is 3.61. The van der Waals surface area contributed by atoms with Gasteiger partial charge >= 0.3 is 0 Å². The van der Waals surface area contributed by atoms with Crippen LogP contribution in [0.15, 0.2) is 54.7 Å². The van der Waals surface area contributed by atoms with Gasteiger partial charge in [0, 0.05) is 17.5 Å². The van der Waals surface area contributed by atoms with E-state index in [1.807, 2.05) is 48.5 Å². The van der Waals surface area contributed by atoms with Crippen molar-refractivity contribution in [1.82, 2.24) is 4.40 Å². The molecule has 2 aromatic heterocycles. The molecule has 2 heteroatoms. The normalized spacial score (nSPS) is 11.0. The summed E-state index contributed by atoms with van der Waals surface area (Å²) >= 11 is 0. The number of carbonyl (C=O) groups excluding carboxylic acids is 1. The fourth-order valence-corrected chi connectivity index (χ4v) is 3.08. The Morgan fingerprint density at radius 3 is 2.33 bits per heavy atom. The summed E-state index contributed by atoms with van der Waals surface area (Å²) in [4.78, 5) is 13.0. The molecule has 0 radical (unpaired) electrons. The minimum atomic E-state index is 0.121. The predicted octanol–water partition coefficient (Wildman–Crippen LogP) is 4.30. The molecule has 2 heterocycles. The van der Waals surface area contributed by atoms with Crippen LogP contribution in [0, 0.1) is 0 Å². The van der Waals surface area contributed by atoms with E-state index in [1.165, 1.54) is 11.3 Å². The lowest BCUT2D eigenvalue weighted by Crippen LogP contribution is -2.04. The fraction of sp³-hybridized carbons (Fsp3) is 0.211. The van der Waals surface area contributed by atoms with E-state index in [2.05, 4.69) is 24.4 Å². The molecule has 106 valence electrons. The molecule has 3 aromatic rings. The SMILES string of the molecule is CCc1c(C(=O)c2ccccc2)c2ccccn2c1CC. The Hall–Kier alpha value is -2.35. The monoisotopic (exact) mass is 277 g/mol. The van der Waals surface area contributed by atoms with Gasteiger partial charge in [-0.25, -0.2) is 0 Å². The molecule has 0 aliphatic rings. The number of rotatable bonds is 4. The van der Waals surface area contributed by atoms with Crippen molar-refractivity contribution >= 4 is 11.3 Å². The number of fused-ring (bicyclic) bond motifs is 1. The maximum atomic E-state index is 13.0. The second-order valence-electron chi connectivity index (χ2n) is 5.16. The average Bonchev–Trinajstić information content (AvgIpc) is 2.88. The molecule has 1 aromatic carbocycles. The summed E-state index contributed by atoms with van der Waals surface area (Å²) in [6.07, 6.45) is 3.85. The molecule has 21 heavy (non-hydrogen) atoms. The highest BCUT2D eigenvalue weighted by atomic mass is 16.1. The summed E-state index contributed by atoms with van der Waals surface area (Å²) < 4.78 is 2.16. The van der Waals surface area contributed by atoms with Gasteiger partial charge in [-0.05, 0) is 30.5 Å². The van der Waals surface area contributed by atoms with Crippen LogP contribution in [-0.2, 0) is 12.8 Å². The second kappa shape index (κ2) is 5.57. The van der Waals surface area contributed by atoms with Crippen LogP contribution in [-0.4, -0.2) is 10.2 Å². The minimum absolute atomic E-state index is 0.121. The maximum Gasteiger partial charge on any atom is 0.195 e. The summed E-state index contributed by atoms with van der Waals surface area (Å²) in [6.45, 7) is 4.26. The first-order chi connectivity index (χ1) is 10.3. The topological polar surface area (TPSA) is 21.5 Å². The van der Waals surface area contributed by atoms with Crippen LogP contribution >= 0.6 is 0 Å². The molecular weight excluding hydrogens is 258 g/mol.